The third-order valence-electron chi connectivity index (χ3n) is 7.17. The number of nitrogens with zero attached hydrogens (tertiary/aromatic N) is 3. The Morgan fingerprint density at radius 3 is 2.39 bits per heavy atom. The third-order valence-corrected chi connectivity index (χ3v) is 9.93. The van der Waals surface area contributed by atoms with Gasteiger partial charge in [-0.25, -0.2) is 31.3 Å². The molecule has 13 heteroatoms. The second kappa shape index (κ2) is 13.9. The van der Waals surface area contributed by atoms with Gasteiger partial charge in [0, 0.05) is 34.0 Å². The molecule has 0 aliphatic carbocycles. The molecule has 236 valence electrons. The van der Waals surface area contributed by atoms with E-state index in [9.17, 15) is 17.2 Å². The number of ether oxygens (including phenoxy) is 1. The maximum Gasteiger partial charge on any atom is 0.240 e. The highest BCUT2D eigenvalue weighted by atomic mass is 35.5. The lowest BCUT2D eigenvalue weighted by Gasteiger charge is -2.28. The first-order valence-corrected chi connectivity index (χ1v) is 16.5. The van der Waals surface area contributed by atoms with Crippen LogP contribution in [0, 0.1) is 17.5 Å². The van der Waals surface area contributed by atoms with Crippen molar-refractivity contribution in [1.29, 1.82) is 0 Å². The summed E-state index contributed by atoms with van der Waals surface area (Å²) in [4.78, 5) is 6.28. The van der Waals surface area contributed by atoms with Gasteiger partial charge < -0.3 is 9.64 Å². The van der Waals surface area contributed by atoms with Crippen LogP contribution in [-0.4, -0.2) is 57.2 Å². The number of hydrogen-bond acceptors (Lipinski definition) is 6. The zero-order chi connectivity index (χ0) is 32.2. The van der Waals surface area contributed by atoms with Gasteiger partial charge in [-0.2, -0.15) is 0 Å². The van der Waals surface area contributed by atoms with Crippen molar-refractivity contribution in [2.45, 2.75) is 41.5 Å². The molecule has 4 rings (SSSR count). The largest absolute Gasteiger partial charge is 0.494 e. The minimum atomic E-state index is -3.96. The van der Waals surface area contributed by atoms with Crippen molar-refractivity contribution in [3.8, 4) is 11.4 Å². The van der Waals surface area contributed by atoms with Crippen LogP contribution in [0.25, 0.3) is 5.69 Å². The number of nitrogens with one attached hydrogen (secondary N) is 1. The molecule has 3 aromatic carbocycles. The van der Waals surface area contributed by atoms with Crippen molar-refractivity contribution in [3.05, 3.63) is 100 Å². The van der Waals surface area contributed by atoms with Gasteiger partial charge in [0.1, 0.15) is 11.6 Å². The highest BCUT2D eigenvalue weighted by Gasteiger charge is 2.31. The monoisotopic (exact) mass is 666 g/mol. The molecule has 0 radical (unpaired) electrons. The highest BCUT2D eigenvalue weighted by Crippen LogP contribution is 2.39. The van der Waals surface area contributed by atoms with Gasteiger partial charge in [-0.15, -0.1) is 0 Å². The molecule has 44 heavy (non-hydrogen) atoms. The van der Waals surface area contributed by atoms with Crippen LogP contribution in [0.2, 0.25) is 5.02 Å². The van der Waals surface area contributed by atoms with Gasteiger partial charge in [-0.05, 0) is 81.2 Å². The molecule has 0 atom stereocenters. The van der Waals surface area contributed by atoms with E-state index in [0.717, 1.165) is 11.6 Å². The summed E-state index contributed by atoms with van der Waals surface area (Å²) >= 11 is 7.60. The van der Waals surface area contributed by atoms with E-state index in [1.54, 1.807) is 30.5 Å². The first-order chi connectivity index (χ1) is 20.7. The van der Waals surface area contributed by atoms with Crippen molar-refractivity contribution in [2.75, 3.05) is 34.3 Å². The van der Waals surface area contributed by atoms with Gasteiger partial charge in [0.25, 0.3) is 0 Å². The smallest absolute Gasteiger partial charge is 0.240 e. The molecule has 1 N–H and O–H groups in total. The Labute approximate surface area is 265 Å². The van der Waals surface area contributed by atoms with Crippen LogP contribution in [0.15, 0.2) is 70.8 Å². The number of thioether (sulfide) groups is 1. The molecular formula is C31H34ClF3N4O3S2. The minimum absolute atomic E-state index is 0.0315. The number of sulfonamides is 1. The molecule has 1 aromatic heterocycles. The SMILES string of the molecule is COc1cc(C(C)(C)c2cnc(SCc3c(F)cc(S(=O)(=O)NCCCN(C)C)cc3Cl)n2-c2ccc(F)cc2)ccc1F. The first kappa shape index (κ1) is 33.9. The summed E-state index contributed by atoms with van der Waals surface area (Å²) in [5.41, 5.74) is 1.45. The van der Waals surface area contributed by atoms with E-state index in [-0.39, 0.29) is 33.5 Å². The van der Waals surface area contributed by atoms with Gasteiger partial charge in [-0.3, -0.25) is 4.57 Å². The normalized spacial score (nSPS) is 12.2. The van der Waals surface area contributed by atoms with E-state index in [2.05, 4.69) is 9.71 Å². The molecule has 0 bridgehead atoms. The summed E-state index contributed by atoms with van der Waals surface area (Å²) in [6.07, 6.45) is 2.25. The fourth-order valence-corrected chi connectivity index (χ4v) is 7.17. The van der Waals surface area contributed by atoms with Gasteiger partial charge in [0.2, 0.25) is 10.0 Å². The predicted octanol–water partition coefficient (Wildman–Crippen LogP) is 6.80. The quantitative estimate of drug-likeness (QED) is 0.125. The Kier molecular flexibility index (Phi) is 10.7. The van der Waals surface area contributed by atoms with Gasteiger partial charge in [0.15, 0.2) is 16.7 Å². The molecule has 7 nitrogen and oxygen atoms in total. The molecule has 0 amide bonds. The van der Waals surface area contributed by atoms with Crippen LogP contribution in [0.1, 0.15) is 37.1 Å². The van der Waals surface area contributed by atoms with Crippen molar-refractivity contribution < 1.29 is 26.3 Å². The van der Waals surface area contributed by atoms with Crippen molar-refractivity contribution in [3.63, 3.8) is 0 Å². The summed E-state index contributed by atoms with van der Waals surface area (Å²) in [6.45, 7) is 4.77. The molecule has 0 saturated carbocycles. The van der Waals surface area contributed by atoms with E-state index in [1.165, 1.54) is 43.1 Å². The molecule has 0 unspecified atom stereocenters. The lowest BCUT2D eigenvalue weighted by molar-refractivity contribution is 0.384. The maximum absolute atomic E-state index is 15.3. The van der Waals surface area contributed by atoms with E-state index in [0.29, 0.717) is 29.5 Å². The molecular weight excluding hydrogens is 633 g/mol. The molecule has 0 aliphatic heterocycles. The Morgan fingerprint density at radius 1 is 1.05 bits per heavy atom. The predicted molar refractivity (Wildman–Crippen MR) is 168 cm³/mol. The Balaban J connectivity index is 1.66. The number of rotatable bonds is 13. The Hall–Kier alpha value is -3.03. The second-order valence-corrected chi connectivity index (χ2v) is 14.0. The second-order valence-electron chi connectivity index (χ2n) is 10.9. The van der Waals surface area contributed by atoms with Crippen LogP contribution in [0.3, 0.4) is 0 Å². The zero-order valence-electron chi connectivity index (χ0n) is 25.0. The summed E-state index contributed by atoms with van der Waals surface area (Å²) in [5.74, 6) is -1.55. The highest BCUT2D eigenvalue weighted by molar-refractivity contribution is 7.98. The lowest BCUT2D eigenvalue weighted by atomic mass is 9.81. The molecule has 1 heterocycles. The van der Waals surface area contributed by atoms with E-state index < -0.39 is 32.9 Å². The number of benzene rings is 3. The van der Waals surface area contributed by atoms with Gasteiger partial charge in [0.05, 0.1) is 23.9 Å². The van der Waals surface area contributed by atoms with E-state index in [4.69, 9.17) is 16.3 Å². The Morgan fingerprint density at radius 2 is 1.75 bits per heavy atom. The number of aromatic nitrogens is 2. The summed E-state index contributed by atoms with van der Waals surface area (Å²) in [7, 11) is 1.20. The molecule has 0 fully saturated rings. The number of imidazole rings is 1. The molecule has 0 saturated heterocycles. The van der Waals surface area contributed by atoms with Crippen LogP contribution >= 0.6 is 23.4 Å². The van der Waals surface area contributed by atoms with Crippen molar-refractivity contribution in [1.82, 2.24) is 19.2 Å². The van der Waals surface area contributed by atoms with Crippen LogP contribution in [0.5, 0.6) is 5.75 Å². The Bertz CT molecular complexity index is 1710. The summed E-state index contributed by atoms with van der Waals surface area (Å²) in [6, 6.07) is 12.7. The first-order valence-electron chi connectivity index (χ1n) is 13.7. The maximum atomic E-state index is 15.3. The number of methoxy groups -OCH3 is 1. The summed E-state index contributed by atoms with van der Waals surface area (Å²) in [5, 5.41) is 0.425. The minimum Gasteiger partial charge on any atom is -0.494 e. The average molecular weight is 667 g/mol. The van der Waals surface area contributed by atoms with Crippen LogP contribution < -0.4 is 9.46 Å². The van der Waals surface area contributed by atoms with E-state index >= 15 is 4.39 Å². The van der Waals surface area contributed by atoms with Crippen LogP contribution in [-0.2, 0) is 21.2 Å². The van der Waals surface area contributed by atoms with Gasteiger partial charge >= 0.3 is 0 Å². The topological polar surface area (TPSA) is 76.5 Å². The fourth-order valence-electron chi connectivity index (χ4n) is 4.61. The average Bonchev–Trinajstić information content (AvgIpc) is 3.40. The fraction of sp³-hybridized carbons (Fsp3) is 0.323. The van der Waals surface area contributed by atoms with E-state index in [1.807, 2.05) is 37.4 Å². The summed E-state index contributed by atoms with van der Waals surface area (Å²) < 4.78 is 78.4. The third kappa shape index (κ3) is 7.60. The lowest BCUT2D eigenvalue weighted by Crippen LogP contribution is -2.27. The van der Waals surface area contributed by atoms with Gasteiger partial charge in [-0.1, -0.05) is 43.3 Å². The molecule has 0 spiro atoms. The standard InChI is InChI=1S/C31H34ClF3N4O3S2/c1-31(2,20-7-12-26(34)28(15-20)42-5)29-18-36-30(39(29)22-10-8-21(33)9-11-22)43-19-24-25(32)16-23(17-27(24)35)44(40,41)37-13-6-14-38(3)4/h7-12,15-18,37H,6,13-14,19H2,1-5H3. The molecule has 4 aromatic rings. The van der Waals surface area contributed by atoms with Crippen molar-refractivity contribution >= 4 is 33.4 Å². The molecule has 0 aliphatic rings. The number of halogens is 4. The van der Waals surface area contributed by atoms with Crippen molar-refractivity contribution in [2.24, 2.45) is 0 Å². The number of hydrogen-bond donors (Lipinski definition) is 1. The van der Waals surface area contributed by atoms with Crippen LogP contribution in [0.4, 0.5) is 13.2 Å². The zero-order valence-corrected chi connectivity index (χ0v) is 27.4.